The standard InChI is InChI=1S/C10H17N5OS/c11-7-1-3-15(4-2-7)5-8-6-17-10(13-8)9(16)14-12/h6-7H,1-5,11-12H2,(H,14,16). The molecule has 0 saturated carbocycles. The Kier molecular flexibility index (Phi) is 4.06. The molecule has 1 aromatic rings. The van der Waals surface area contributed by atoms with Gasteiger partial charge < -0.3 is 5.73 Å². The molecule has 0 spiro atoms. The molecule has 1 saturated heterocycles. The van der Waals surface area contributed by atoms with Crippen LogP contribution >= 0.6 is 11.3 Å². The Bertz CT molecular complexity index is 386. The first-order valence-corrected chi connectivity index (χ1v) is 6.50. The molecule has 1 amide bonds. The fourth-order valence-corrected chi connectivity index (χ4v) is 2.60. The third-order valence-electron chi connectivity index (χ3n) is 2.89. The van der Waals surface area contributed by atoms with Gasteiger partial charge in [0.15, 0.2) is 5.01 Å². The summed E-state index contributed by atoms with van der Waals surface area (Å²) in [6, 6.07) is 0.334. The van der Waals surface area contributed by atoms with Crippen molar-refractivity contribution in [2.75, 3.05) is 13.1 Å². The van der Waals surface area contributed by atoms with Gasteiger partial charge in [0.05, 0.1) is 5.69 Å². The number of nitrogens with zero attached hydrogens (tertiary/aromatic N) is 2. The smallest absolute Gasteiger partial charge is 0.294 e. The first-order chi connectivity index (χ1) is 8.19. The summed E-state index contributed by atoms with van der Waals surface area (Å²) in [6.45, 7) is 2.77. The predicted molar refractivity (Wildman–Crippen MR) is 66.3 cm³/mol. The fraction of sp³-hybridized carbons (Fsp3) is 0.600. The van der Waals surface area contributed by atoms with Crippen molar-refractivity contribution in [2.24, 2.45) is 11.6 Å². The van der Waals surface area contributed by atoms with Crippen molar-refractivity contribution in [3.63, 3.8) is 0 Å². The number of aromatic nitrogens is 1. The Morgan fingerprint density at radius 1 is 1.59 bits per heavy atom. The summed E-state index contributed by atoms with van der Waals surface area (Å²) in [5.74, 6) is 4.72. The summed E-state index contributed by atoms with van der Waals surface area (Å²) in [5.41, 5.74) is 8.85. The molecule has 94 valence electrons. The molecule has 2 rings (SSSR count). The van der Waals surface area contributed by atoms with Crippen LogP contribution in [0.3, 0.4) is 0 Å². The van der Waals surface area contributed by atoms with Gasteiger partial charge in [-0.05, 0) is 12.8 Å². The van der Waals surface area contributed by atoms with Gasteiger partial charge in [0.2, 0.25) is 0 Å². The molecule has 0 aliphatic carbocycles. The minimum Gasteiger partial charge on any atom is -0.328 e. The molecule has 5 N–H and O–H groups in total. The molecule has 1 aliphatic rings. The number of nitrogen functional groups attached to an aromatic ring is 1. The van der Waals surface area contributed by atoms with Gasteiger partial charge in [0.1, 0.15) is 0 Å². The molecule has 1 aromatic heterocycles. The zero-order valence-electron chi connectivity index (χ0n) is 9.56. The maximum absolute atomic E-state index is 11.2. The molecule has 1 aliphatic heterocycles. The lowest BCUT2D eigenvalue weighted by Crippen LogP contribution is -2.39. The summed E-state index contributed by atoms with van der Waals surface area (Å²) in [4.78, 5) is 17.8. The molecule has 1 fully saturated rings. The Morgan fingerprint density at radius 2 is 2.29 bits per heavy atom. The van der Waals surface area contributed by atoms with E-state index >= 15 is 0 Å². The van der Waals surface area contributed by atoms with E-state index in [1.807, 2.05) is 5.38 Å². The topological polar surface area (TPSA) is 97.3 Å². The third-order valence-corrected chi connectivity index (χ3v) is 3.78. The first-order valence-electron chi connectivity index (χ1n) is 5.62. The van der Waals surface area contributed by atoms with E-state index in [9.17, 15) is 4.79 Å². The number of thiazole rings is 1. The average Bonchev–Trinajstić information content (AvgIpc) is 2.80. The van der Waals surface area contributed by atoms with Gasteiger partial charge in [-0.3, -0.25) is 15.1 Å². The van der Waals surface area contributed by atoms with Crippen LogP contribution in [0.25, 0.3) is 0 Å². The number of hydrazine groups is 1. The van der Waals surface area contributed by atoms with Crippen LogP contribution in [0.4, 0.5) is 0 Å². The first kappa shape index (κ1) is 12.4. The van der Waals surface area contributed by atoms with Crippen LogP contribution in [0.2, 0.25) is 0 Å². The van der Waals surface area contributed by atoms with Gasteiger partial charge in [-0.1, -0.05) is 0 Å². The lowest BCUT2D eigenvalue weighted by molar-refractivity contribution is 0.0953. The normalized spacial score (nSPS) is 18.2. The number of nitrogens with one attached hydrogen (secondary N) is 1. The highest BCUT2D eigenvalue weighted by Crippen LogP contribution is 2.15. The maximum Gasteiger partial charge on any atom is 0.294 e. The largest absolute Gasteiger partial charge is 0.328 e. The van der Waals surface area contributed by atoms with Crippen LogP contribution in [0.1, 0.15) is 28.3 Å². The Hall–Kier alpha value is -1.02. The van der Waals surface area contributed by atoms with E-state index in [4.69, 9.17) is 11.6 Å². The summed E-state index contributed by atoms with van der Waals surface area (Å²) < 4.78 is 0. The van der Waals surface area contributed by atoms with Crippen LogP contribution in [0, 0.1) is 0 Å². The van der Waals surface area contributed by atoms with Gasteiger partial charge in [-0.25, -0.2) is 10.8 Å². The van der Waals surface area contributed by atoms with Crippen molar-refractivity contribution in [3.05, 3.63) is 16.1 Å². The molecule has 0 radical (unpaired) electrons. The Morgan fingerprint density at radius 3 is 2.94 bits per heavy atom. The molecule has 7 heteroatoms. The lowest BCUT2D eigenvalue weighted by atomic mass is 10.1. The molecular weight excluding hydrogens is 238 g/mol. The highest BCUT2D eigenvalue weighted by atomic mass is 32.1. The number of likely N-dealkylation sites (tertiary alicyclic amines) is 1. The minimum absolute atomic E-state index is 0.332. The predicted octanol–water partition coefficient (Wildman–Crippen LogP) is -0.330. The number of carbonyl (C=O) groups is 1. The molecule has 0 bridgehead atoms. The van der Waals surface area contributed by atoms with Gasteiger partial charge in [-0.15, -0.1) is 11.3 Å². The van der Waals surface area contributed by atoms with Crippen LogP contribution in [0.15, 0.2) is 5.38 Å². The number of nitrogens with two attached hydrogens (primary N) is 2. The molecule has 0 unspecified atom stereocenters. The summed E-state index contributed by atoms with van der Waals surface area (Å²) >= 11 is 1.32. The zero-order valence-corrected chi connectivity index (χ0v) is 10.4. The highest BCUT2D eigenvalue weighted by molar-refractivity contribution is 7.11. The van der Waals surface area contributed by atoms with E-state index in [2.05, 4.69) is 15.3 Å². The highest BCUT2D eigenvalue weighted by Gasteiger charge is 2.17. The van der Waals surface area contributed by atoms with E-state index in [1.165, 1.54) is 11.3 Å². The molecule has 17 heavy (non-hydrogen) atoms. The molecule has 6 nitrogen and oxygen atoms in total. The van der Waals surface area contributed by atoms with Crippen molar-refractivity contribution in [3.8, 4) is 0 Å². The monoisotopic (exact) mass is 255 g/mol. The van der Waals surface area contributed by atoms with E-state index in [0.29, 0.717) is 11.0 Å². The third kappa shape index (κ3) is 3.22. The Labute approximate surface area is 104 Å². The van der Waals surface area contributed by atoms with E-state index in [0.717, 1.165) is 38.2 Å². The van der Waals surface area contributed by atoms with Gasteiger partial charge in [0, 0.05) is 31.1 Å². The van der Waals surface area contributed by atoms with Gasteiger partial charge in [0.25, 0.3) is 5.91 Å². The molecule has 0 atom stereocenters. The summed E-state index contributed by atoms with van der Waals surface area (Å²) in [7, 11) is 0. The van der Waals surface area contributed by atoms with Crippen molar-refractivity contribution in [1.29, 1.82) is 0 Å². The van der Waals surface area contributed by atoms with Crippen molar-refractivity contribution in [2.45, 2.75) is 25.4 Å². The summed E-state index contributed by atoms with van der Waals surface area (Å²) in [5, 5.41) is 2.32. The van der Waals surface area contributed by atoms with Crippen molar-refractivity contribution >= 4 is 17.2 Å². The summed E-state index contributed by atoms with van der Waals surface area (Å²) in [6.07, 6.45) is 2.06. The van der Waals surface area contributed by atoms with Crippen LogP contribution in [-0.4, -0.2) is 34.9 Å². The van der Waals surface area contributed by atoms with Crippen molar-refractivity contribution < 1.29 is 4.79 Å². The van der Waals surface area contributed by atoms with Gasteiger partial charge in [-0.2, -0.15) is 0 Å². The Balaban J connectivity index is 1.90. The quantitative estimate of drug-likeness (QED) is 0.390. The molecular formula is C10H17N5OS. The van der Waals surface area contributed by atoms with Crippen LogP contribution < -0.4 is 17.0 Å². The van der Waals surface area contributed by atoms with E-state index in [1.54, 1.807) is 0 Å². The molecule has 0 aromatic carbocycles. The number of hydrogen-bond acceptors (Lipinski definition) is 6. The van der Waals surface area contributed by atoms with Crippen LogP contribution in [0.5, 0.6) is 0 Å². The fourth-order valence-electron chi connectivity index (χ4n) is 1.89. The van der Waals surface area contributed by atoms with E-state index in [-0.39, 0.29) is 5.91 Å². The number of hydrogen-bond donors (Lipinski definition) is 3. The second-order valence-electron chi connectivity index (χ2n) is 4.23. The zero-order chi connectivity index (χ0) is 12.3. The second kappa shape index (κ2) is 5.54. The second-order valence-corrected chi connectivity index (χ2v) is 5.09. The number of amides is 1. The number of carbonyl (C=O) groups excluding carboxylic acids is 1. The maximum atomic E-state index is 11.2. The number of piperidine rings is 1. The van der Waals surface area contributed by atoms with E-state index < -0.39 is 0 Å². The SMILES string of the molecule is NNC(=O)c1nc(CN2CCC(N)CC2)cs1. The number of rotatable bonds is 3. The average molecular weight is 255 g/mol. The molecule has 2 heterocycles. The lowest BCUT2D eigenvalue weighted by Gasteiger charge is -2.29. The van der Waals surface area contributed by atoms with Crippen molar-refractivity contribution in [1.82, 2.24) is 15.3 Å². The van der Waals surface area contributed by atoms with Crippen LogP contribution in [-0.2, 0) is 6.54 Å². The minimum atomic E-state index is -0.332. The van der Waals surface area contributed by atoms with Gasteiger partial charge >= 0.3 is 0 Å².